The quantitative estimate of drug-likeness (QED) is 0.888. The number of carbonyl (C=O) groups is 2. The topological polar surface area (TPSA) is 67.2 Å². The predicted octanol–water partition coefficient (Wildman–Crippen LogP) is 1.15. The van der Waals surface area contributed by atoms with Gasteiger partial charge in [0, 0.05) is 13.2 Å². The number of nitrogens with one attached hydrogen (secondary N) is 1. The number of nitrogens with zero attached hydrogens (tertiary/aromatic N) is 3. The number of amides is 2. The zero-order valence-corrected chi connectivity index (χ0v) is 12.7. The highest BCUT2D eigenvalue weighted by molar-refractivity contribution is 6.09. The Morgan fingerprint density at radius 1 is 1.29 bits per heavy atom. The molecule has 1 aliphatic heterocycles. The van der Waals surface area contributed by atoms with Crippen molar-refractivity contribution in [3.8, 4) is 0 Å². The van der Waals surface area contributed by atoms with Gasteiger partial charge < -0.3 is 5.32 Å². The van der Waals surface area contributed by atoms with E-state index in [0.29, 0.717) is 0 Å². The molecular weight excluding hydrogens is 268 g/mol. The van der Waals surface area contributed by atoms with E-state index >= 15 is 0 Å². The second kappa shape index (κ2) is 5.16. The standard InChI is InChI=1S/C15H22N4O2/c1-3-11-12(9-18(2)17-11)19-10-13(20)16-15(14(19)21)7-5-4-6-8-15/h9H,3-8,10H2,1-2H3,(H,16,20). The van der Waals surface area contributed by atoms with E-state index in [1.54, 1.807) is 9.58 Å². The summed E-state index contributed by atoms with van der Waals surface area (Å²) in [5.41, 5.74) is 0.963. The third kappa shape index (κ3) is 2.32. The van der Waals surface area contributed by atoms with Gasteiger partial charge in [0.05, 0.1) is 11.4 Å². The lowest BCUT2D eigenvalue weighted by atomic mass is 9.79. The molecule has 6 heteroatoms. The van der Waals surface area contributed by atoms with E-state index in [1.807, 2.05) is 20.2 Å². The highest BCUT2D eigenvalue weighted by atomic mass is 16.2. The van der Waals surface area contributed by atoms with Crippen LogP contribution >= 0.6 is 0 Å². The van der Waals surface area contributed by atoms with Gasteiger partial charge in [0.1, 0.15) is 12.1 Å². The van der Waals surface area contributed by atoms with Crippen LogP contribution in [0.15, 0.2) is 6.20 Å². The molecule has 1 aromatic rings. The van der Waals surface area contributed by atoms with Crippen LogP contribution in [0.25, 0.3) is 0 Å². The van der Waals surface area contributed by atoms with Crippen molar-refractivity contribution < 1.29 is 9.59 Å². The van der Waals surface area contributed by atoms with Crippen molar-refractivity contribution in [3.63, 3.8) is 0 Å². The number of rotatable bonds is 2. The molecule has 1 saturated carbocycles. The molecule has 0 aromatic carbocycles. The first-order valence-electron chi connectivity index (χ1n) is 7.71. The van der Waals surface area contributed by atoms with Crippen LogP contribution in [0.1, 0.15) is 44.7 Å². The summed E-state index contributed by atoms with van der Waals surface area (Å²) < 4.78 is 1.71. The molecule has 114 valence electrons. The number of aromatic nitrogens is 2. The highest BCUT2D eigenvalue weighted by Crippen LogP contribution is 2.34. The Labute approximate surface area is 124 Å². The molecule has 0 atom stereocenters. The van der Waals surface area contributed by atoms with Crippen LogP contribution in [0.5, 0.6) is 0 Å². The largest absolute Gasteiger partial charge is 0.340 e. The molecule has 2 aliphatic rings. The Hall–Kier alpha value is -1.85. The van der Waals surface area contributed by atoms with E-state index in [9.17, 15) is 9.59 Å². The van der Waals surface area contributed by atoms with Crippen LogP contribution in [-0.4, -0.2) is 33.7 Å². The fourth-order valence-corrected chi connectivity index (χ4v) is 3.52. The number of hydrogen-bond donors (Lipinski definition) is 1. The van der Waals surface area contributed by atoms with Gasteiger partial charge in [-0.2, -0.15) is 5.10 Å². The summed E-state index contributed by atoms with van der Waals surface area (Å²) in [4.78, 5) is 26.8. The van der Waals surface area contributed by atoms with E-state index in [4.69, 9.17) is 0 Å². The third-order valence-electron chi connectivity index (χ3n) is 4.55. The molecule has 2 fully saturated rings. The van der Waals surface area contributed by atoms with Crippen molar-refractivity contribution in [2.45, 2.75) is 51.0 Å². The third-order valence-corrected chi connectivity index (χ3v) is 4.55. The number of piperazine rings is 1. The molecule has 3 rings (SSSR count). The Morgan fingerprint density at radius 3 is 2.67 bits per heavy atom. The van der Waals surface area contributed by atoms with Crippen LogP contribution in [0.3, 0.4) is 0 Å². The van der Waals surface area contributed by atoms with E-state index in [-0.39, 0.29) is 18.4 Å². The van der Waals surface area contributed by atoms with Crippen LogP contribution in [0.4, 0.5) is 5.69 Å². The van der Waals surface area contributed by atoms with E-state index < -0.39 is 5.54 Å². The average Bonchev–Trinajstić information content (AvgIpc) is 2.85. The van der Waals surface area contributed by atoms with Crippen LogP contribution in [0.2, 0.25) is 0 Å². The maximum absolute atomic E-state index is 13.0. The Kier molecular flexibility index (Phi) is 3.47. The van der Waals surface area contributed by atoms with Crippen molar-refractivity contribution in [1.82, 2.24) is 15.1 Å². The van der Waals surface area contributed by atoms with E-state index in [2.05, 4.69) is 10.4 Å². The molecule has 1 aliphatic carbocycles. The molecule has 2 amide bonds. The van der Waals surface area contributed by atoms with Crippen molar-refractivity contribution in [1.29, 1.82) is 0 Å². The Morgan fingerprint density at radius 2 is 2.00 bits per heavy atom. The second-order valence-electron chi connectivity index (χ2n) is 6.07. The van der Waals surface area contributed by atoms with Crippen molar-refractivity contribution >= 4 is 17.5 Å². The zero-order valence-electron chi connectivity index (χ0n) is 12.7. The summed E-state index contributed by atoms with van der Waals surface area (Å²) in [7, 11) is 1.84. The normalized spacial score (nSPS) is 21.7. The summed E-state index contributed by atoms with van der Waals surface area (Å²) in [6, 6.07) is 0. The number of anilines is 1. The summed E-state index contributed by atoms with van der Waals surface area (Å²) in [5, 5.41) is 7.36. The maximum Gasteiger partial charge on any atom is 0.253 e. The fraction of sp³-hybridized carbons (Fsp3) is 0.667. The fourth-order valence-electron chi connectivity index (χ4n) is 3.52. The number of aryl methyl sites for hydroxylation is 2. The van der Waals surface area contributed by atoms with Gasteiger partial charge in [0.2, 0.25) is 5.91 Å². The van der Waals surface area contributed by atoms with Crippen LogP contribution < -0.4 is 10.2 Å². The van der Waals surface area contributed by atoms with Crippen molar-refractivity contribution in [2.24, 2.45) is 7.05 Å². The minimum Gasteiger partial charge on any atom is -0.340 e. The number of hydrogen-bond acceptors (Lipinski definition) is 3. The minimum atomic E-state index is -0.686. The molecule has 6 nitrogen and oxygen atoms in total. The van der Waals surface area contributed by atoms with Gasteiger partial charge in [-0.1, -0.05) is 26.2 Å². The van der Waals surface area contributed by atoms with Gasteiger partial charge in [-0.05, 0) is 19.3 Å². The minimum absolute atomic E-state index is 0.0319. The lowest BCUT2D eigenvalue weighted by Crippen LogP contribution is -2.67. The molecule has 1 N–H and O–H groups in total. The van der Waals surface area contributed by atoms with Gasteiger partial charge in [-0.3, -0.25) is 19.2 Å². The van der Waals surface area contributed by atoms with E-state index in [1.165, 1.54) is 0 Å². The molecular formula is C15H22N4O2. The monoisotopic (exact) mass is 290 g/mol. The van der Waals surface area contributed by atoms with Gasteiger partial charge in [0.25, 0.3) is 5.91 Å². The average molecular weight is 290 g/mol. The molecule has 1 spiro atoms. The molecule has 2 heterocycles. The molecule has 1 saturated heterocycles. The zero-order chi connectivity index (χ0) is 15.0. The Bertz CT molecular complexity index is 572. The van der Waals surface area contributed by atoms with E-state index in [0.717, 1.165) is 49.9 Å². The molecule has 0 bridgehead atoms. The van der Waals surface area contributed by atoms with Crippen molar-refractivity contribution in [2.75, 3.05) is 11.4 Å². The van der Waals surface area contributed by atoms with Crippen molar-refractivity contribution in [3.05, 3.63) is 11.9 Å². The first kappa shape index (κ1) is 14.1. The van der Waals surface area contributed by atoms with Gasteiger partial charge in [0.15, 0.2) is 0 Å². The lowest BCUT2D eigenvalue weighted by molar-refractivity contribution is -0.137. The molecule has 21 heavy (non-hydrogen) atoms. The van der Waals surface area contributed by atoms with Gasteiger partial charge in [-0.25, -0.2) is 0 Å². The molecule has 1 aromatic heterocycles. The molecule has 0 radical (unpaired) electrons. The maximum atomic E-state index is 13.0. The Balaban J connectivity index is 1.97. The smallest absolute Gasteiger partial charge is 0.253 e. The summed E-state index contributed by atoms with van der Waals surface area (Å²) in [6.45, 7) is 2.11. The van der Waals surface area contributed by atoms with Crippen LogP contribution in [-0.2, 0) is 23.1 Å². The first-order chi connectivity index (χ1) is 10.1. The second-order valence-corrected chi connectivity index (χ2v) is 6.07. The summed E-state index contributed by atoms with van der Waals surface area (Å²) in [6.07, 6.45) is 7.20. The SMILES string of the molecule is CCc1nn(C)cc1N1CC(=O)NC2(CCCCC2)C1=O. The van der Waals surface area contributed by atoms with Gasteiger partial charge >= 0.3 is 0 Å². The lowest BCUT2D eigenvalue weighted by Gasteiger charge is -2.43. The summed E-state index contributed by atoms with van der Waals surface area (Å²) in [5.74, 6) is -0.0353. The summed E-state index contributed by atoms with van der Waals surface area (Å²) >= 11 is 0. The molecule has 0 unspecified atom stereocenters. The highest BCUT2D eigenvalue weighted by Gasteiger charge is 2.48. The number of carbonyl (C=O) groups excluding carboxylic acids is 2. The van der Waals surface area contributed by atoms with Gasteiger partial charge in [-0.15, -0.1) is 0 Å². The predicted molar refractivity (Wildman–Crippen MR) is 78.9 cm³/mol. The first-order valence-corrected chi connectivity index (χ1v) is 7.71. The van der Waals surface area contributed by atoms with Crippen LogP contribution in [0, 0.1) is 0 Å².